The first-order valence-corrected chi connectivity index (χ1v) is 6.34. The first-order valence-electron chi connectivity index (χ1n) is 5.55. The molecule has 0 amide bonds. The van der Waals surface area contributed by atoms with Gasteiger partial charge in [-0.25, -0.2) is 4.98 Å². The van der Waals surface area contributed by atoms with E-state index in [4.69, 9.17) is 0 Å². The van der Waals surface area contributed by atoms with Gasteiger partial charge in [0.15, 0.2) is 0 Å². The van der Waals surface area contributed by atoms with Crippen LogP contribution in [0.5, 0.6) is 0 Å². The predicted octanol–water partition coefficient (Wildman–Crippen LogP) is 4.14. The molecule has 0 unspecified atom stereocenters. The number of hydrogen-bond donors (Lipinski definition) is 1. The number of nitrogens with one attached hydrogen (secondary N) is 1. The number of rotatable bonds is 2. The van der Waals surface area contributed by atoms with Crippen molar-refractivity contribution in [1.29, 1.82) is 0 Å². The summed E-state index contributed by atoms with van der Waals surface area (Å²) >= 11 is 3.48. The molecule has 3 rings (SSSR count). The maximum atomic E-state index is 4.31. The van der Waals surface area contributed by atoms with Crippen LogP contribution >= 0.6 is 15.9 Å². The first-order chi connectivity index (χ1) is 8.84. The Morgan fingerprint density at radius 3 is 2.83 bits per heavy atom. The highest BCUT2D eigenvalue weighted by Gasteiger charge is 2.04. The molecule has 88 valence electrons. The third-order valence-electron chi connectivity index (χ3n) is 2.69. The summed E-state index contributed by atoms with van der Waals surface area (Å²) in [7, 11) is 0. The Balaban J connectivity index is 2.08. The normalized spacial score (nSPS) is 10.5. The predicted molar refractivity (Wildman–Crippen MR) is 77.0 cm³/mol. The van der Waals surface area contributed by atoms with E-state index in [1.807, 2.05) is 42.6 Å². The van der Waals surface area contributed by atoms with Crippen molar-refractivity contribution in [1.82, 2.24) is 9.97 Å². The molecule has 1 aromatic carbocycles. The van der Waals surface area contributed by atoms with Crippen LogP contribution < -0.4 is 5.32 Å². The monoisotopic (exact) mass is 299 g/mol. The molecule has 0 radical (unpaired) electrons. The highest BCUT2D eigenvalue weighted by molar-refractivity contribution is 9.10. The van der Waals surface area contributed by atoms with Gasteiger partial charge >= 0.3 is 0 Å². The van der Waals surface area contributed by atoms with Crippen molar-refractivity contribution < 1.29 is 0 Å². The number of nitrogens with zero attached hydrogens (tertiary/aromatic N) is 2. The van der Waals surface area contributed by atoms with Gasteiger partial charge in [-0.15, -0.1) is 0 Å². The van der Waals surface area contributed by atoms with E-state index in [0.29, 0.717) is 0 Å². The molecular weight excluding hydrogens is 290 g/mol. The molecule has 0 saturated heterocycles. The van der Waals surface area contributed by atoms with E-state index in [1.54, 1.807) is 12.4 Å². The van der Waals surface area contributed by atoms with Crippen molar-refractivity contribution >= 4 is 38.2 Å². The summed E-state index contributed by atoms with van der Waals surface area (Å²) in [6.07, 6.45) is 5.41. The van der Waals surface area contributed by atoms with E-state index >= 15 is 0 Å². The summed E-state index contributed by atoms with van der Waals surface area (Å²) < 4.78 is 0.941. The molecule has 3 nitrogen and oxygen atoms in total. The molecule has 0 bridgehead atoms. The van der Waals surface area contributed by atoms with Crippen LogP contribution in [0.3, 0.4) is 0 Å². The first kappa shape index (κ1) is 11.2. The van der Waals surface area contributed by atoms with E-state index in [1.165, 1.54) is 0 Å². The van der Waals surface area contributed by atoms with Crippen molar-refractivity contribution in [2.75, 3.05) is 5.32 Å². The number of fused-ring (bicyclic) bond motifs is 1. The fourth-order valence-electron chi connectivity index (χ4n) is 1.84. The molecule has 0 aliphatic rings. The minimum absolute atomic E-state index is 0.807. The minimum atomic E-state index is 0.807. The number of halogens is 1. The molecule has 18 heavy (non-hydrogen) atoms. The fraction of sp³-hybridized carbons (Fsp3) is 0. The Morgan fingerprint density at radius 1 is 1.00 bits per heavy atom. The Kier molecular flexibility index (Phi) is 2.94. The van der Waals surface area contributed by atoms with Crippen molar-refractivity contribution in [3.05, 3.63) is 59.5 Å². The zero-order valence-electron chi connectivity index (χ0n) is 9.47. The van der Waals surface area contributed by atoms with Crippen molar-refractivity contribution in [2.24, 2.45) is 0 Å². The third kappa shape index (κ3) is 2.07. The number of pyridine rings is 2. The van der Waals surface area contributed by atoms with Crippen LogP contribution in [0.4, 0.5) is 11.5 Å². The van der Waals surface area contributed by atoms with Gasteiger partial charge in [-0.1, -0.05) is 12.1 Å². The van der Waals surface area contributed by atoms with Crippen LogP contribution in [0.1, 0.15) is 0 Å². The molecule has 2 heterocycles. The summed E-state index contributed by atoms with van der Waals surface area (Å²) in [4.78, 5) is 8.43. The van der Waals surface area contributed by atoms with Crippen molar-refractivity contribution in [3.63, 3.8) is 0 Å². The van der Waals surface area contributed by atoms with E-state index in [-0.39, 0.29) is 0 Å². The number of aromatic nitrogens is 2. The number of hydrogen-bond acceptors (Lipinski definition) is 3. The van der Waals surface area contributed by atoms with Crippen LogP contribution in [-0.4, -0.2) is 9.97 Å². The SMILES string of the molecule is Brc1cccnc1Nc1cccc2cnccc12. The zero-order chi connectivity index (χ0) is 12.4. The highest BCUT2D eigenvalue weighted by Crippen LogP contribution is 2.28. The van der Waals surface area contributed by atoms with Gasteiger partial charge in [-0.3, -0.25) is 4.98 Å². The molecule has 4 heteroatoms. The van der Waals surface area contributed by atoms with Crippen LogP contribution in [0.15, 0.2) is 59.5 Å². The van der Waals surface area contributed by atoms with E-state index in [2.05, 4.69) is 31.2 Å². The van der Waals surface area contributed by atoms with E-state index in [0.717, 1.165) is 26.8 Å². The van der Waals surface area contributed by atoms with Crippen molar-refractivity contribution in [3.8, 4) is 0 Å². The molecule has 0 spiro atoms. The molecule has 2 aromatic heterocycles. The van der Waals surface area contributed by atoms with Crippen LogP contribution in [0, 0.1) is 0 Å². The Bertz CT molecular complexity index is 692. The van der Waals surface area contributed by atoms with Gasteiger partial charge in [0.25, 0.3) is 0 Å². The van der Waals surface area contributed by atoms with Gasteiger partial charge in [0.2, 0.25) is 0 Å². The minimum Gasteiger partial charge on any atom is -0.339 e. The lowest BCUT2D eigenvalue weighted by Crippen LogP contribution is -1.95. The molecule has 3 aromatic rings. The van der Waals surface area contributed by atoms with Crippen LogP contribution in [0.2, 0.25) is 0 Å². The van der Waals surface area contributed by atoms with Crippen LogP contribution in [-0.2, 0) is 0 Å². The Morgan fingerprint density at radius 2 is 1.94 bits per heavy atom. The standard InChI is InChI=1S/C14H10BrN3/c15-12-4-2-7-17-14(12)18-13-5-1-3-10-9-16-8-6-11(10)13/h1-9H,(H,17,18). The van der Waals surface area contributed by atoms with Gasteiger partial charge in [-0.2, -0.15) is 0 Å². The van der Waals surface area contributed by atoms with Gasteiger partial charge in [0, 0.05) is 35.1 Å². The summed E-state index contributed by atoms with van der Waals surface area (Å²) in [5, 5.41) is 5.57. The second kappa shape index (κ2) is 4.74. The Labute approximate surface area is 113 Å². The Hall–Kier alpha value is -1.94. The van der Waals surface area contributed by atoms with Gasteiger partial charge in [0.1, 0.15) is 5.82 Å². The topological polar surface area (TPSA) is 37.8 Å². The second-order valence-electron chi connectivity index (χ2n) is 3.86. The molecule has 0 saturated carbocycles. The van der Waals surface area contributed by atoms with Crippen LogP contribution in [0.25, 0.3) is 10.8 Å². The summed E-state index contributed by atoms with van der Waals surface area (Å²) in [6.45, 7) is 0. The molecule has 0 fully saturated rings. The van der Waals surface area contributed by atoms with E-state index in [9.17, 15) is 0 Å². The third-order valence-corrected chi connectivity index (χ3v) is 3.33. The van der Waals surface area contributed by atoms with Gasteiger partial charge in [0.05, 0.1) is 4.47 Å². The lowest BCUT2D eigenvalue weighted by Gasteiger charge is -2.09. The molecule has 1 N–H and O–H groups in total. The lowest BCUT2D eigenvalue weighted by atomic mass is 10.1. The number of benzene rings is 1. The fourth-order valence-corrected chi connectivity index (χ4v) is 2.19. The number of anilines is 2. The maximum absolute atomic E-state index is 4.31. The maximum Gasteiger partial charge on any atom is 0.144 e. The van der Waals surface area contributed by atoms with Gasteiger partial charge in [-0.05, 0) is 40.2 Å². The summed E-state index contributed by atoms with van der Waals surface area (Å²) in [6, 6.07) is 11.9. The molecule has 0 atom stereocenters. The highest BCUT2D eigenvalue weighted by atomic mass is 79.9. The zero-order valence-corrected chi connectivity index (χ0v) is 11.1. The van der Waals surface area contributed by atoms with Gasteiger partial charge < -0.3 is 5.32 Å². The summed E-state index contributed by atoms with van der Waals surface area (Å²) in [5.74, 6) is 0.807. The molecular formula is C14H10BrN3. The van der Waals surface area contributed by atoms with E-state index < -0.39 is 0 Å². The second-order valence-corrected chi connectivity index (χ2v) is 4.72. The molecule has 0 aliphatic heterocycles. The average molecular weight is 300 g/mol. The summed E-state index contributed by atoms with van der Waals surface area (Å²) in [5.41, 5.74) is 1.02. The quantitative estimate of drug-likeness (QED) is 0.773. The average Bonchev–Trinajstić information content (AvgIpc) is 2.42. The smallest absolute Gasteiger partial charge is 0.144 e. The lowest BCUT2D eigenvalue weighted by molar-refractivity contribution is 1.29. The molecule has 0 aliphatic carbocycles. The largest absolute Gasteiger partial charge is 0.339 e. The van der Waals surface area contributed by atoms with Crippen molar-refractivity contribution in [2.45, 2.75) is 0 Å².